The average Bonchev–Trinajstić information content (AvgIpc) is 3.43. The van der Waals surface area contributed by atoms with Crippen LogP contribution >= 0.6 is 11.6 Å². The standard InChI is InChI=1S/C24H26ClFN4O/c1-15-22(24(31)28-29-13-17-5-4-6-18(17)14-29)27-30(21-8-3-2-7-20(21)25)23(15)16-9-11-19(26)12-10-16/h2-3,7-12,15,17-18,23H,4-6,13-14H2,1H3,(H,28,31)/t15-,17?,18?,23+/m0/s1. The van der Waals surface area contributed by atoms with Gasteiger partial charge < -0.3 is 0 Å². The molecule has 31 heavy (non-hydrogen) atoms. The summed E-state index contributed by atoms with van der Waals surface area (Å²) in [6.07, 6.45) is 3.80. The van der Waals surface area contributed by atoms with Gasteiger partial charge in [-0.15, -0.1) is 0 Å². The normalized spacial score (nSPS) is 28.0. The predicted molar refractivity (Wildman–Crippen MR) is 120 cm³/mol. The van der Waals surface area contributed by atoms with Gasteiger partial charge in [-0.2, -0.15) is 5.10 Å². The second kappa shape index (κ2) is 8.24. The van der Waals surface area contributed by atoms with Crippen LogP contribution in [0.15, 0.2) is 53.6 Å². The van der Waals surface area contributed by atoms with Crippen LogP contribution in [0.4, 0.5) is 10.1 Å². The molecule has 3 aliphatic rings. The van der Waals surface area contributed by atoms with Crippen molar-refractivity contribution in [2.45, 2.75) is 32.2 Å². The first-order chi connectivity index (χ1) is 15.0. The fraction of sp³-hybridized carbons (Fsp3) is 0.417. The van der Waals surface area contributed by atoms with Crippen molar-refractivity contribution in [2.24, 2.45) is 22.9 Å². The molecule has 2 fully saturated rings. The molecule has 0 aromatic heterocycles. The quantitative estimate of drug-likeness (QED) is 0.743. The number of hydrazone groups is 1. The topological polar surface area (TPSA) is 47.9 Å². The highest BCUT2D eigenvalue weighted by Crippen LogP contribution is 2.42. The summed E-state index contributed by atoms with van der Waals surface area (Å²) in [7, 11) is 0. The van der Waals surface area contributed by atoms with Gasteiger partial charge in [0.15, 0.2) is 0 Å². The molecule has 1 aliphatic carbocycles. The Balaban J connectivity index is 1.43. The molecule has 2 aromatic carbocycles. The van der Waals surface area contributed by atoms with E-state index in [1.54, 1.807) is 23.2 Å². The number of hydrogen-bond acceptors (Lipinski definition) is 4. The highest BCUT2D eigenvalue weighted by atomic mass is 35.5. The number of rotatable bonds is 4. The van der Waals surface area contributed by atoms with Crippen LogP contribution in [-0.4, -0.2) is 29.7 Å². The molecule has 2 heterocycles. The molecule has 0 spiro atoms. The third kappa shape index (κ3) is 3.83. The van der Waals surface area contributed by atoms with Crippen LogP contribution in [0.1, 0.15) is 37.8 Å². The highest BCUT2D eigenvalue weighted by molar-refractivity contribution is 6.40. The lowest BCUT2D eigenvalue weighted by atomic mass is 9.91. The van der Waals surface area contributed by atoms with Gasteiger partial charge in [0.05, 0.1) is 16.8 Å². The minimum atomic E-state index is -0.294. The van der Waals surface area contributed by atoms with Gasteiger partial charge in [-0.1, -0.05) is 49.2 Å². The van der Waals surface area contributed by atoms with E-state index < -0.39 is 0 Å². The Hall–Kier alpha value is -2.44. The van der Waals surface area contributed by atoms with Crippen molar-refractivity contribution in [2.75, 3.05) is 18.1 Å². The SMILES string of the molecule is C[C@H]1C(C(=O)NN2CC3CCCC3C2)=NN(c2ccccc2Cl)[C@H]1c1ccc(F)cc1. The Labute approximate surface area is 186 Å². The van der Waals surface area contributed by atoms with Crippen molar-refractivity contribution < 1.29 is 9.18 Å². The summed E-state index contributed by atoms with van der Waals surface area (Å²) < 4.78 is 13.6. The summed E-state index contributed by atoms with van der Waals surface area (Å²) >= 11 is 6.47. The van der Waals surface area contributed by atoms with Crippen molar-refractivity contribution in [1.29, 1.82) is 0 Å². The van der Waals surface area contributed by atoms with Crippen LogP contribution in [-0.2, 0) is 4.79 Å². The van der Waals surface area contributed by atoms with Gasteiger partial charge in [0.1, 0.15) is 11.5 Å². The fourth-order valence-corrected chi connectivity index (χ4v) is 5.56. The van der Waals surface area contributed by atoms with E-state index >= 15 is 0 Å². The first-order valence-electron chi connectivity index (χ1n) is 10.9. The molecule has 1 saturated heterocycles. The van der Waals surface area contributed by atoms with Crippen LogP contribution < -0.4 is 10.4 Å². The summed E-state index contributed by atoms with van der Waals surface area (Å²) in [5.41, 5.74) is 5.17. The zero-order valence-corrected chi connectivity index (χ0v) is 18.2. The highest BCUT2D eigenvalue weighted by Gasteiger charge is 2.42. The molecule has 2 aliphatic heterocycles. The number of nitrogens with zero attached hydrogens (tertiary/aromatic N) is 3. The summed E-state index contributed by atoms with van der Waals surface area (Å²) in [5.74, 6) is 0.722. The van der Waals surface area contributed by atoms with Crippen LogP contribution in [0.25, 0.3) is 0 Å². The minimum absolute atomic E-state index is 0.172. The Bertz CT molecular complexity index is 999. The number of amides is 1. The van der Waals surface area contributed by atoms with E-state index in [0.717, 1.165) is 24.3 Å². The van der Waals surface area contributed by atoms with Crippen LogP contribution in [0.5, 0.6) is 0 Å². The number of hydrogen-bond donors (Lipinski definition) is 1. The number of halogens is 2. The third-order valence-corrected chi connectivity index (χ3v) is 7.23. The van der Waals surface area contributed by atoms with Gasteiger partial charge >= 0.3 is 0 Å². The lowest BCUT2D eigenvalue weighted by molar-refractivity contribution is -0.119. The molecule has 1 N–H and O–H groups in total. The largest absolute Gasteiger partial charge is 0.284 e. The number of nitrogens with one attached hydrogen (secondary N) is 1. The number of fused-ring (bicyclic) bond motifs is 1. The predicted octanol–water partition coefficient (Wildman–Crippen LogP) is 4.80. The molecule has 4 atom stereocenters. The molecule has 0 bridgehead atoms. The first kappa shape index (κ1) is 20.5. The lowest BCUT2D eigenvalue weighted by Crippen LogP contribution is -2.45. The van der Waals surface area contributed by atoms with E-state index in [2.05, 4.69) is 10.4 Å². The number of hydrazine groups is 1. The van der Waals surface area contributed by atoms with Gasteiger partial charge in [0.2, 0.25) is 0 Å². The first-order valence-corrected chi connectivity index (χ1v) is 11.3. The second-order valence-electron chi connectivity index (χ2n) is 8.86. The van der Waals surface area contributed by atoms with E-state index in [0.29, 0.717) is 22.6 Å². The second-order valence-corrected chi connectivity index (χ2v) is 9.27. The zero-order chi connectivity index (χ0) is 21.5. The number of anilines is 1. The summed E-state index contributed by atoms with van der Waals surface area (Å²) in [4.78, 5) is 13.2. The fourth-order valence-electron chi connectivity index (χ4n) is 5.34. The molecule has 0 radical (unpaired) electrons. The zero-order valence-electron chi connectivity index (χ0n) is 17.5. The summed E-state index contributed by atoms with van der Waals surface area (Å²) in [6, 6.07) is 13.6. The van der Waals surface area contributed by atoms with Crippen LogP contribution in [0.3, 0.4) is 0 Å². The maximum atomic E-state index is 13.6. The smallest absolute Gasteiger partial charge is 0.282 e. The molecule has 162 valence electrons. The summed E-state index contributed by atoms with van der Waals surface area (Å²) in [5, 5.41) is 9.13. The monoisotopic (exact) mass is 440 g/mol. The lowest BCUT2D eigenvalue weighted by Gasteiger charge is -2.27. The van der Waals surface area contributed by atoms with Crippen molar-refractivity contribution in [3.63, 3.8) is 0 Å². The van der Waals surface area contributed by atoms with E-state index in [9.17, 15) is 9.18 Å². The van der Waals surface area contributed by atoms with Crippen molar-refractivity contribution in [1.82, 2.24) is 10.4 Å². The number of benzene rings is 2. The Morgan fingerprint density at radius 2 is 1.77 bits per heavy atom. The van der Waals surface area contributed by atoms with Crippen LogP contribution in [0.2, 0.25) is 5.02 Å². The van der Waals surface area contributed by atoms with E-state index in [-0.39, 0.29) is 23.7 Å². The minimum Gasteiger partial charge on any atom is -0.284 e. The number of carbonyl (C=O) groups excluding carboxylic acids is 1. The molecule has 5 nitrogen and oxygen atoms in total. The Morgan fingerprint density at radius 1 is 1.10 bits per heavy atom. The van der Waals surface area contributed by atoms with E-state index in [1.807, 2.05) is 25.1 Å². The number of carbonyl (C=O) groups is 1. The van der Waals surface area contributed by atoms with Gasteiger partial charge in [0.25, 0.3) is 5.91 Å². The van der Waals surface area contributed by atoms with Crippen molar-refractivity contribution in [3.05, 3.63) is 64.9 Å². The van der Waals surface area contributed by atoms with Gasteiger partial charge in [0, 0.05) is 19.0 Å². The van der Waals surface area contributed by atoms with Crippen molar-refractivity contribution >= 4 is 28.9 Å². The maximum absolute atomic E-state index is 13.6. The molecule has 7 heteroatoms. The molecule has 5 rings (SSSR count). The maximum Gasteiger partial charge on any atom is 0.282 e. The molecule has 1 saturated carbocycles. The molecule has 1 amide bonds. The van der Waals surface area contributed by atoms with E-state index in [4.69, 9.17) is 16.7 Å². The van der Waals surface area contributed by atoms with Crippen LogP contribution in [0, 0.1) is 23.6 Å². The van der Waals surface area contributed by atoms with Gasteiger partial charge in [-0.25, -0.2) is 9.40 Å². The molecule has 2 aromatic rings. The molecular formula is C24H26ClFN4O. The third-order valence-electron chi connectivity index (χ3n) is 6.91. The number of para-hydroxylation sites is 1. The average molecular weight is 441 g/mol. The van der Waals surface area contributed by atoms with Gasteiger partial charge in [-0.3, -0.25) is 15.2 Å². The Morgan fingerprint density at radius 3 is 2.45 bits per heavy atom. The van der Waals surface area contributed by atoms with E-state index in [1.165, 1.54) is 31.4 Å². The molecule has 2 unspecified atom stereocenters. The molecular weight excluding hydrogens is 415 g/mol. The van der Waals surface area contributed by atoms with Crippen molar-refractivity contribution in [3.8, 4) is 0 Å². The summed E-state index contributed by atoms with van der Waals surface area (Å²) in [6.45, 7) is 3.81. The van der Waals surface area contributed by atoms with Gasteiger partial charge in [-0.05, 0) is 54.5 Å². The Kier molecular flexibility index (Phi) is 5.44.